The molecular formula is C52H41N. The Kier molecular flexibility index (Phi) is 6.54. The van der Waals surface area contributed by atoms with Crippen LogP contribution in [0.3, 0.4) is 0 Å². The van der Waals surface area contributed by atoms with E-state index < -0.39 is 0 Å². The second-order valence-corrected chi connectivity index (χ2v) is 15.9. The Bertz CT molecular complexity index is 2640. The maximum Gasteiger partial charge on any atom is 0.0683 e. The first-order chi connectivity index (χ1) is 26.1. The number of rotatable bonds is 4. The molecule has 7 aromatic rings. The molecule has 0 fully saturated rings. The van der Waals surface area contributed by atoms with Gasteiger partial charge in [0.25, 0.3) is 0 Å². The molecule has 2 atom stereocenters. The molecule has 1 nitrogen and oxygen atoms in total. The lowest BCUT2D eigenvalue weighted by Crippen LogP contribution is -2.28. The van der Waals surface area contributed by atoms with E-state index in [0.29, 0.717) is 5.92 Å². The number of allylic oxidation sites excluding steroid dienone is 2. The third kappa shape index (κ3) is 4.14. The Labute approximate surface area is 312 Å². The fourth-order valence-electron chi connectivity index (χ4n) is 10.7. The molecular weight excluding hydrogens is 639 g/mol. The highest BCUT2D eigenvalue weighted by Gasteiger charge is 2.55. The minimum atomic E-state index is -0.296. The van der Waals surface area contributed by atoms with E-state index in [1.807, 2.05) is 0 Å². The average molecular weight is 680 g/mol. The molecule has 2 unspecified atom stereocenters. The van der Waals surface area contributed by atoms with Crippen LogP contribution in [-0.4, -0.2) is 0 Å². The Morgan fingerprint density at radius 3 is 1.83 bits per heavy atom. The van der Waals surface area contributed by atoms with Crippen molar-refractivity contribution in [1.82, 2.24) is 0 Å². The topological polar surface area (TPSA) is 3.24 Å². The van der Waals surface area contributed by atoms with Gasteiger partial charge >= 0.3 is 0 Å². The number of hydrogen-bond acceptors (Lipinski definition) is 1. The van der Waals surface area contributed by atoms with Crippen LogP contribution in [-0.2, 0) is 10.8 Å². The van der Waals surface area contributed by atoms with Crippen LogP contribution in [0, 0.1) is 0 Å². The Hall–Kier alpha value is -5.92. The third-order valence-electron chi connectivity index (χ3n) is 13.0. The molecule has 0 aromatic heterocycles. The van der Waals surface area contributed by atoms with Gasteiger partial charge in [0.15, 0.2) is 0 Å². The van der Waals surface area contributed by atoms with Gasteiger partial charge in [-0.15, -0.1) is 0 Å². The molecule has 0 saturated heterocycles. The molecule has 1 heteroatoms. The molecule has 254 valence electrons. The van der Waals surface area contributed by atoms with Gasteiger partial charge in [-0.05, 0) is 116 Å². The van der Waals surface area contributed by atoms with Crippen molar-refractivity contribution in [2.24, 2.45) is 0 Å². The predicted molar refractivity (Wildman–Crippen MR) is 221 cm³/mol. The number of hydrogen-bond donors (Lipinski definition) is 0. The maximum atomic E-state index is 2.61. The quantitative estimate of drug-likeness (QED) is 0.167. The molecule has 0 aliphatic heterocycles. The van der Waals surface area contributed by atoms with Gasteiger partial charge in [0.2, 0.25) is 0 Å². The molecule has 4 aliphatic carbocycles. The van der Waals surface area contributed by atoms with E-state index in [1.165, 1.54) is 96.7 Å². The zero-order chi connectivity index (χ0) is 35.3. The summed E-state index contributed by atoms with van der Waals surface area (Å²) in [6.45, 7) is 4.76. The van der Waals surface area contributed by atoms with Crippen LogP contribution in [0.5, 0.6) is 0 Å². The van der Waals surface area contributed by atoms with Gasteiger partial charge in [0.05, 0.1) is 11.1 Å². The Morgan fingerprint density at radius 2 is 1.06 bits per heavy atom. The number of para-hydroxylation sites is 1. The largest absolute Gasteiger partial charge is 0.310 e. The molecule has 0 radical (unpaired) electrons. The summed E-state index contributed by atoms with van der Waals surface area (Å²) < 4.78 is 0. The lowest BCUT2D eigenvalue weighted by atomic mass is 9.68. The van der Waals surface area contributed by atoms with Crippen LogP contribution >= 0.6 is 0 Å². The first-order valence-corrected chi connectivity index (χ1v) is 19.3. The SMILES string of the molecule is CC1(C)c2ccccc2-c2ccc(N(c3ccc4c(c3)C3(C5=CCCCC5c5ccccc53)c3ccccc3-4)c3ccccc3-c3ccccc3)cc21. The van der Waals surface area contributed by atoms with Gasteiger partial charge in [-0.3, -0.25) is 0 Å². The summed E-state index contributed by atoms with van der Waals surface area (Å²) in [7, 11) is 0. The third-order valence-corrected chi connectivity index (χ3v) is 13.0. The van der Waals surface area contributed by atoms with E-state index >= 15 is 0 Å². The van der Waals surface area contributed by atoms with Crippen molar-refractivity contribution in [3.05, 3.63) is 209 Å². The zero-order valence-electron chi connectivity index (χ0n) is 30.3. The zero-order valence-corrected chi connectivity index (χ0v) is 30.3. The molecule has 53 heavy (non-hydrogen) atoms. The van der Waals surface area contributed by atoms with E-state index in [1.54, 1.807) is 5.57 Å². The number of fused-ring (bicyclic) bond motifs is 13. The van der Waals surface area contributed by atoms with Gasteiger partial charge in [0.1, 0.15) is 0 Å². The fraction of sp³-hybridized carbons (Fsp3) is 0.154. The van der Waals surface area contributed by atoms with Gasteiger partial charge in [-0.25, -0.2) is 0 Å². The van der Waals surface area contributed by atoms with Crippen LogP contribution in [0.4, 0.5) is 17.1 Å². The predicted octanol–water partition coefficient (Wildman–Crippen LogP) is 13.7. The van der Waals surface area contributed by atoms with Crippen molar-refractivity contribution in [2.45, 2.75) is 49.9 Å². The normalized spacial score (nSPS) is 19.4. The van der Waals surface area contributed by atoms with Crippen LogP contribution in [0.15, 0.2) is 175 Å². The summed E-state index contributed by atoms with van der Waals surface area (Å²) in [5.74, 6) is 0.457. The second-order valence-electron chi connectivity index (χ2n) is 15.9. The summed E-state index contributed by atoms with van der Waals surface area (Å²) in [5, 5.41) is 0. The lowest BCUT2D eigenvalue weighted by molar-refractivity contribution is 0.597. The Morgan fingerprint density at radius 1 is 0.491 bits per heavy atom. The van der Waals surface area contributed by atoms with Crippen molar-refractivity contribution < 1.29 is 0 Å². The number of anilines is 3. The van der Waals surface area contributed by atoms with Crippen LogP contribution in [0.1, 0.15) is 72.4 Å². The standard InChI is InChI=1S/C52H41N/c1-51(2)44-23-11-6-19-38(44)42-30-28-35(32-48(42)51)53(50-27-15-10-18-37(50)34-16-4-3-5-17-34)36-29-31-43-41-22-9-14-26-47(41)52(49(43)33-36)45-24-12-7-20-39(45)40-21-8-13-25-46(40)52/h3-7,9-12,14-20,22-33,40H,8,13,21H2,1-2H3. The smallest absolute Gasteiger partial charge is 0.0683 e. The first kappa shape index (κ1) is 30.7. The molecule has 4 aliphatic rings. The molecule has 0 N–H and O–H groups in total. The van der Waals surface area contributed by atoms with E-state index in [0.717, 1.165) is 6.42 Å². The van der Waals surface area contributed by atoms with Crippen molar-refractivity contribution >= 4 is 17.1 Å². The van der Waals surface area contributed by atoms with Crippen molar-refractivity contribution in [1.29, 1.82) is 0 Å². The van der Waals surface area contributed by atoms with Gasteiger partial charge in [-0.1, -0.05) is 153 Å². The molecule has 0 saturated carbocycles. The van der Waals surface area contributed by atoms with Crippen molar-refractivity contribution in [3.8, 4) is 33.4 Å². The summed E-state index contributed by atoms with van der Waals surface area (Å²) >= 11 is 0. The van der Waals surface area contributed by atoms with E-state index in [2.05, 4.69) is 189 Å². The van der Waals surface area contributed by atoms with Crippen molar-refractivity contribution in [2.75, 3.05) is 4.90 Å². The van der Waals surface area contributed by atoms with Gasteiger partial charge in [0, 0.05) is 28.3 Å². The summed E-state index contributed by atoms with van der Waals surface area (Å²) in [5.41, 5.74) is 21.2. The molecule has 1 spiro atoms. The van der Waals surface area contributed by atoms with E-state index in [9.17, 15) is 0 Å². The number of benzene rings is 7. The lowest BCUT2D eigenvalue weighted by Gasteiger charge is -2.35. The summed E-state index contributed by atoms with van der Waals surface area (Å²) in [6, 6.07) is 61.9. The van der Waals surface area contributed by atoms with Gasteiger partial charge in [-0.2, -0.15) is 0 Å². The molecule has 0 amide bonds. The first-order valence-electron chi connectivity index (χ1n) is 19.3. The highest BCUT2D eigenvalue weighted by atomic mass is 15.1. The highest BCUT2D eigenvalue weighted by molar-refractivity contribution is 5.94. The second kappa shape index (κ2) is 11.3. The Balaban J connectivity index is 1.19. The van der Waals surface area contributed by atoms with E-state index in [4.69, 9.17) is 0 Å². The highest BCUT2D eigenvalue weighted by Crippen LogP contribution is 2.66. The van der Waals surface area contributed by atoms with Crippen LogP contribution < -0.4 is 4.90 Å². The van der Waals surface area contributed by atoms with Gasteiger partial charge < -0.3 is 4.90 Å². The molecule has 0 bridgehead atoms. The van der Waals surface area contributed by atoms with Crippen molar-refractivity contribution in [3.63, 3.8) is 0 Å². The fourth-order valence-corrected chi connectivity index (χ4v) is 10.7. The number of nitrogens with zero attached hydrogens (tertiary/aromatic N) is 1. The average Bonchev–Trinajstić information content (AvgIpc) is 3.77. The van der Waals surface area contributed by atoms with Crippen LogP contribution in [0.2, 0.25) is 0 Å². The maximum absolute atomic E-state index is 2.61. The summed E-state index contributed by atoms with van der Waals surface area (Å²) in [4.78, 5) is 2.53. The molecule has 0 heterocycles. The van der Waals surface area contributed by atoms with E-state index in [-0.39, 0.29) is 10.8 Å². The minimum Gasteiger partial charge on any atom is -0.310 e. The monoisotopic (exact) mass is 679 g/mol. The molecule has 11 rings (SSSR count). The summed E-state index contributed by atoms with van der Waals surface area (Å²) in [6.07, 6.45) is 6.21. The molecule has 7 aromatic carbocycles. The van der Waals surface area contributed by atoms with Crippen LogP contribution in [0.25, 0.3) is 33.4 Å². The minimum absolute atomic E-state index is 0.105.